The van der Waals surface area contributed by atoms with Crippen LogP contribution in [0.4, 0.5) is 0 Å². The average Bonchev–Trinajstić information content (AvgIpc) is 2.67. The molecular formula is C26H37NO3. The topological polar surface area (TPSA) is 72.6 Å². The Balaban J connectivity index is 2.40. The molecule has 0 aromatic heterocycles. The zero-order valence-electron chi connectivity index (χ0n) is 19.5. The van der Waals surface area contributed by atoms with E-state index in [1.807, 2.05) is 52.8 Å². The van der Waals surface area contributed by atoms with Crippen molar-refractivity contribution < 1.29 is 14.6 Å². The standard InChI is InChI=1S/C26H37NO3/c1-8-26(9-2,19-10-12-21(24(27)29)17(3)14-19)20-11-13-22(18(4)15-20)30-16-23(28)25(5,6)7/h10-15,23,28H,8-9,16H2,1-7H3,(H2,27,29). The second-order valence-electron chi connectivity index (χ2n) is 9.36. The Morgan fingerprint density at radius 3 is 1.97 bits per heavy atom. The van der Waals surface area contributed by atoms with Crippen molar-refractivity contribution in [3.8, 4) is 5.75 Å². The van der Waals surface area contributed by atoms with Gasteiger partial charge in [-0.25, -0.2) is 0 Å². The van der Waals surface area contributed by atoms with Gasteiger partial charge in [0.05, 0.1) is 6.10 Å². The number of aliphatic hydroxyl groups is 1. The molecule has 0 spiro atoms. The summed E-state index contributed by atoms with van der Waals surface area (Å²) in [6.07, 6.45) is 1.33. The van der Waals surface area contributed by atoms with E-state index in [1.54, 1.807) is 0 Å². The number of nitrogens with two attached hydrogens (primary N) is 1. The zero-order chi connectivity index (χ0) is 22.7. The molecule has 164 valence electrons. The molecule has 0 bridgehead atoms. The van der Waals surface area contributed by atoms with Crippen LogP contribution in [0.3, 0.4) is 0 Å². The normalized spacial score (nSPS) is 13.2. The molecule has 0 aliphatic heterocycles. The van der Waals surface area contributed by atoms with Crippen LogP contribution in [0.15, 0.2) is 36.4 Å². The van der Waals surface area contributed by atoms with Gasteiger partial charge in [-0.15, -0.1) is 0 Å². The number of carbonyl (C=O) groups is 1. The van der Waals surface area contributed by atoms with E-state index in [2.05, 4.69) is 32.0 Å². The minimum Gasteiger partial charge on any atom is -0.491 e. The molecule has 3 N–H and O–H groups in total. The van der Waals surface area contributed by atoms with Crippen LogP contribution in [0, 0.1) is 19.3 Å². The highest BCUT2D eigenvalue weighted by molar-refractivity contribution is 5.94. The minimum absolute atomic E-state index is 0.158. The molecule has 2 aromatic carbocycles. The largest absolute Gasteiger partial charge is 0.491 e. The lowest BCUT2D eigenvalue weighted by Crippen LogP contribution is -2.32. The maximum Gasteiger partial charge on any atom is 0.248 e. The molecule has 0 aliphatic rings. The van der Waals surface area contributed by atoms with Crippen molar-refractivity contribution in [2.24, 2.45) is 11.1 Å². The Hall–Kier alpha value is -2.33. The van der Waals surface area contributed by atoms with Gasteiger partial charge in [0, 0.05) is 11.0 Å². The first kappa shape index (κ1) is 23.9. The van der Waals surface area contributed by atoms with Gasteiger partial charge in [-0.2, -0.15) is 0 Å². The highest BCUT2D eigenvalue weighted by Crippen LogP contribution is 2.41. The van der Waals surface area contributed by atoms with Gasteiger partial charge in [0.25, 0.3) is 0 Å². The highest BCUT2D eigenvalue weighted by atomic mass is 16.5. The van der Waals surface area contributed by atoms with E-state index in [0.717, 1.165) is 29.7 Å². The molecule has 0 saturated heterocycles. The van der Waals surface area contributed by atoms with Gasteiger partial charge in [0.2, 0.25) is 5.91 Å². The second-order valence-corrected chi connectivity index (χ2v) is 9.36. The van der Waals surface area contributed by atoms with Crippen molar-refractivity contribution in [3.63, 3.8) is 0 Å². The summed E-state index contributed by atoms with van der Waals surface area (Å²) in [5.74, 6) is 0.399. The molecule has 1 atom stereocenters. The van der Waals surface area contributed by atoms with Crippen molar-refractivity contribution in [2.45, 2.75) is 72.8 Å². The lowest BCUT2D eigenvalue weighted by atomic mass is 9.70. The van der Waals surface area contributed by atoms with E-state index >= 15 is 0 Å². The summed E-state index contributed by atoms with van der Waals surface area (Å²) in [5, 5.41) is 10.3. The lowest BCUT2D eigenvalue weighted by molar-refractivity contribution is 0.0216. The average molecular weight is 412 g/mol. The van der Waals surface area contributed by atoms with Gasteiger partial charge in [0.15, 0.2) is 0 Å². The highest BCUT2D eigenvalue weighted by Gasteiger charge is 2.32. The molecule has 1 unspecified atom stereocenters. The van der Waals surface area contributed by atoms with Crippen LogP contribution >= 0.6 is 0 Å². The van der Waals surface area contributed by atoms with Crippen molar-refractivity contribution in [1.82, 2.24) is 0 Å². The summed E-state index contributed by atoms with van der Waals surface area (Å²) >= 11 is 0. The quantitative estimate of drug-likeness (QED) is 0.619. The SMILES string of the molecule is CCC(CC)(c1ccc(OCC(O)C(C)(C)C)c(C)c1)c1ccc(C(N)=O)c(C)c1. The monoisotopic (exact) mass is 411 g/mol. The summed E-state index contributed by atoms with van der Waals surface area (Å²) in [5.41, 5.74) is 10.0. The van der Waals surface area contributed by atoms with Crippen LogP contribution in [0.25, 0.3) is 0 Å². The Morgan fingerprint density at radius 2 is 1.53 bits per heavy atom. The number of hydrogen-bond acceptors (Lipinski definition) is 3. The molecule has 2 aromatic rings. The third-order valence-electron chi connectivity index (χ3n) is 6.38. The van der Waals surface area contributed by atoms with Crippen molar-refractivity contribution in [3.05, 3.63) is 64.2 Å². The zero-order valence-corrected chi connectivity index (χ0v) is 19.5. The van der Waals surface area contributed by atoms with Crippen LogP contribution < -0.4 is 10.5 Å². The summed E-state index contributed by atoms with van der Waals surface area (Å²) < 4.78 is 5.93. The first-order chi connectivity index (χ1) is 14.0. The number of benzene rings is 2. The molecule has 0 fully saturated rings. The van der Waals surface area contributed by atoms with E-state index in [9.17, 15) is 9.90 Å². The first-order valence-corrected chi connectivity index (χ1v) is 10.8. The molecule has 0 radical (unpaired) electrons. The number of primary amides is 1. The number of rotatable bonds is 8. The smallest absolute Gasteiger partial charge is 0.248 e. The van der Waals surface area contributed by atoms with Gasteiger partial charge < -0.3 is 15.6 Å². The molecule has 0 saturated carbocycles. The Bertz CT molecular complexity index is 892. The summed E-state index contributed by atoms with van der Waals surface area (Å²) in [7, 11) is 0. The van der Waals surface area contributed by atoms with Crippen molar-refractivity contribution in [1.29, 1.82) is 0 Å². The molecule has 1 amide bonds. The fourth-order valence-corrected chi connectivity index (χ4v) is 4.00. The maximum absolute atomic E-state index is 11.6. The second kappa shape index (κ2) is 9.22. The van der Waals surface area contributed by atoms with Crippen LogP contribution in [-0.2, 0) is 5.41 Å². The van der Waals surface area contributed by atoms with Gasteiger partial charge in [0.1, 0.15) is 12.4 Å². The summed E-state index contributed by atoms with van der Waals surface area (Å²) in [6, 6.07) is 12.3. The number of ether oxygens (including phenoxy) is 1. The van der Waals surface area contributed by atoms with Crippen molar-refractivity contribution in [2.75, 3.05) is 6.61 Å². The van der Waals surface area contributed by atoms with E-state index in [1.165, 1.54) is 11.1 Å². The van der Waals surface area contributed by atoms with Crippen LogP contribution in [-0.4, -0.2) is 23.7 Å². The van der Waals surface area contributed by atoms with Gasteiger partial charge in [-0.1, -0.05) is 58.9 Å². The lowest BCUT2D eigenvalue weighted by Gasteiger charge is -2.34. The van der Waals surface area contributed by atoms with E-state index < -0.39 is 12.0 Å². The number of hydrogen-bond donors (Lipinski definition) is 2. The van der Waals surface area contributed by atoms with Gasteiger partial charge in [-0.05, 0) is 66.5 Å². The molecule has 0 aliphatic carbocycles. The minimum atomic E-state index is -0.534. The molecule has 30 heavy (non-hydrogen) atoms. The van der Waals surface area contributed by atoms with Crippen LogP contribution in [0.2, 0.25) is 0 Å². The third-order valence-corrected chi connectivity index (χ3v) is 6.38. The van der Waals surface area contributed by atoms with Crippen LogP contribution in [0.5, 0.6) is 5.75 Å². The van der Waals surface area contributed by atoms with Gasteiger partial charge >= 0.3 is 0 Å². The number of carbonyl (C=O) groups excluding carboxylic acids is 1. The predicted octanol–water partition coefficient (Wildman–Crippen LogP) is 5.29. The van der Waals surface area contributed by atoms with Crippen LogP contribution in [0.1, 0.15) is 80.1 Å². The fraction of sp³-hybridized carbons (Fsp3) is 0.500. The van der Waals surface area contributed by atoms with Crippen molar-refractivity contribution >= 4 is 5.91 Å². The van der Waals surface area contributed by atoms with E-state index in [4.69, 9.17) is 10.5 Å². The Labute approximate surface area is 181 Å². The van der Waals surface area contributed by atoms with E-state index in [-0.39, 0.29) is 17.4 Å². The van der Waals surface area contributed by atoms with Gasteiger partial charge in [-0.3, -0.25) is 4.79 Å². The summed E-state index contributed by atoms with van der Waals surface area (Å²) in [4.78, 5) is 11.6. The summed E-state index contributed by atoms with van der Waals surface area (Å²) in [6.45, 7) is 14.6. The van der Waals surface area contributed by atoms with E-state index in [0.29, 0.717) is 5.56 Å². The number of aryl methyl sites for hydroxylation is 2. The molecule has 0 heterocycles. The first-order valence-electron chi connectivity index (χ1n) is 10.8. The fourth-order valence-electron chi connectivity index (χ4n) is 4.00. The molecule has 2 rings (SSSR count). The molecule has 4 nitrogen and oxygen atoms in total. The third kappa shape index (κ3) is 4.86. The number of amides is 1. The Morgan fingerprint density at radius 1 is 1.00 bits per heavy atom. The molecule has 4 heteroatoms. The Kier molecular flexibility index (Phi) is 7.36. The maximum atomic E-state index is 11.6. The predicted molar refractivity (Wildman–Crippen MR) is 123 cm³/mol. The molecular weight excluding hydrogens is 374 g/mol. The number of aliphatic hydroxyl groups excluding tert-OH is 1.